The normalized spacial score (nSPS) is 10.4. The molecule has 0 saturated heterocycles. The molecule has 0 amide bonds. The Morgan fingerprint density at radius 3 is 1.12 bits per heavy atom. The van der Waals surface area contributed by atoms with Gasteiger partial charge in [-0.15, -0.1) is 0 Å². The molecular formula is C26H26O6. The molecule has 0 aliphatic heterocycles. The summed E-state index contributed by atoms with van der Waals surface area (Å²) in [7, 11) is 5.80. The molecular weight excluding hydrogens is 408 g/mol. The largest absolute Gasteiger partial charge is 0.497 e. The lowest BCUT2D eigenvalue weighted by molar-refractivity contribution is 0.0554. The fourth-order valence-corrected chi connectivity index (χ4v) is 3.95. The maximum absolute atomic E-state index is 12.8. The average molecular weight is 434 g/mol. The third-order valence-electron chi connectivity index (χ3n) is 5.54. The number of carbonyl (C=O) groups excluding carboxylic acids is 2. The van der Waals surface area contributed by atoms with Crippen molar-refractivity contribution >= 4 is 11.9 Å². The summed E-state index contributed by atoms with van der Waals surface area (Å²) < 4.78 is 20.6. The topological polar surface area (TPSA) is 71.1 Å². The van der Waals surface area contributed by atoms with Gasteiger partial charge in [0.1, 0.15) is 11.5 Å². The molecule has 0 heterocycles. The highest BCUT2D eigenvalue weighted by Gasteiger charge is 2.29. The van der Waals surface area contributed by atoms with Gasteiger partial charge >= 0.3 is 11.9 Å². The molecule has 0 unspecified atom stereocenters. The van der Waals surface area contributed by atoms with E-state index in [1.54, 1.807) is 14.2 Å². The Morgan fingerprint density at radius 2 is 0.875 bits per heavy atom. The van der Waals surface area contributed by atoms with Crippen LogP contribution in [0.15, 0.2) is 48.5 Å². The Hall–Kier alpha value is -3.80. The van der Waals surface area contributed by atoms with Gasteiger partial charge in [0.05, 0.1) is 39.6 Å². The molecule has 6 heteroatoms. The number of esters is 2. The summed E-state index contributed by atoms with van der Waals surface area (Å²) in [6.07, 6.45) is 0. The van der Waals surface area contributed by atoms with Crippen LogP contribution in [0.3, 0.4) is 0 Å². The van der Waals surface area contributed by atoms with Gasteiger partial charge in [0.15, 0.2) is 0 Å². The van der Waals surface area contributed by atoms with Gasteiger partial charge in [0.25, 0.3) is 0 Å². The van der Waals surface area contributed by atoms with Gasteiger partial charge in [0.2, 0.25) is 0 Å². The van der Waals surface area contributed by atoms with Crippen LogP contribution in [-0.2, 0) is 9.47 Å². The predicted molar refractivity (Wildman–Crippen MR) is 123 cm³/mol. The first kappa shape index (κ1) is 22.9. The van der Waals surface area contributed by atoms with E-state index in [0.29, 0.717) is 22.6 Å². The van der Waals surface area contributed by atoms with E-state index in [9.17, 15) is 9.59 Å². The van der Waals surface area contributed by atoms with Gasteiger partial charge in [0, 0.05) is 0 Å². The summed E-state index contributed by atoms with van der Waals surface area (Å²) in [6.45, 7) is 3.62. The van der Waals surface area contributed by atoms with Crippen molar-refractivity contribution < 1.29 is 28.5 Å². The molecule has 0 fully saturated rings. The van der Waals surface area contributed by atoms with Gasteiger partial charge in [-0.2, -0.15) is 0 Å². The Bertz CT molecular complexity index is 1050. The Morgan fingerprint density at radius 1 is 0.562 bits per heavy atom. The predicted octanol–water partition coefficient (Wildman–Crippen LogP) is 5.23. The maximum Gasteiger partial charge on any atom is 0.339 e. The smallest absolute Gasteiger partial charge is 0.339 e. The second-order valence-electron chi connectivity index (χ2n) is 7.19. The summed E-state index contributed by atoms with van der Waals surface area (Å²) in [4.78, 5) is 25.6. The standard InChI is InChI=1S/C26H26O6/c1-15-21(17-7-11-19(29-3)12-8-17)22(18-9-13-20(30-4)14-10-18)16(2)24(26(28)32-6)23(15)25(27)31-5/h7-14H,1-6H3. The Balaban J connectivity index is 2.46. The number of hydrogen-bond acceptors (Lipinski definition) is 6. The van der Waals surface area contributed by atoms with Crippen molar-refractivity contribution in [3.05, 3.63) is 70.8 Å². The van der Waals surface area contributed by atoms with E-state index < -0.39 is 11.9 Å². The minimum Gasteiger partial charge on any atom is -0.497 e. The Kier molecular flexibility index (Phi) is 6.83. The van der Waals surface area contributed by atoms with Crippen LogP contribution in [0.1, 0.15) is 31.8 Å². The van der Waals surface area contributed by atoms with Crippen molar-refractivity contribution in [3.63, 3.8) is 0 Å². The minimum absolute atomic E-state index is 0.194. The SMILES string of the molecule is COC(=O)c1c(C)c(-c2ccc(OC)cc2)c(-c2ccc(OC)cc2)c(C)c1C(=O)OC. The quantitative estimate of drug-likeness (QED) is 0.495. The van der Waals surface area contributed by atoms with Crippen molar-refractivity contribution in [3.8, 4) is 33.8 Å². The molecule has 0 aliphatic carbocycles. The molecule has 3 aromatic rings. The van der Waals surface area contributed by atoms with E-state index in [4.69, 9.17) is 18.9 Å². The number of methoxy groups -OCH3 is 4. The number of benzene rings is 3. The Labute approximate surface area is 187 Å². The van der Waals surface area contributed by atoms with Crippen LogP contribution in [-0.4, -0.2) is 40.4 Å². The van der Waals surface area contributed by atoms with Gasteiger partial charge in [-0.05, 0) is 71.5 Å². The van der Waals surface area contributed by atoms with Crippen LogP contribution in [0.25, 0.3) is 22.3 Å². The molecule has 0 N–H and O–H groups in total. The van der Waals surface area contributed by atoms with Crippen molar-refractivity contribution in [2.24, 2.45) is 0 Å². The summed E-state index contributed by atoms with van der Waals surface area (Å²) in [5.41, 5.74) is 5.03. The number of carbonyl (C=O) groups is 2. The lowest BCUT2D eigenvalue weighted by atomic mass is 9.82. The first-order valence-corrected chi connectivity index (χ1v) is 10.0. The molecule has 3 rings (SSSR count). The highest BCUT2D eigenvalue weighted by atomic mass is 16.5. The summed E-state index contributed by atoms with van der Waals surface area (Å²) in [5, 5.41) is 0. The maximum atomic E-state index is 12.8. The number of rotatable bonds is 6. The van der Waals surface area contributed by atoms with Gasteiger partial charge < -0.3 is 18.9 Å². The second kappa shape index (κ2) is 9.56. The van der Waals surface area contributed by atoms with Crippen LogP contribution < -0.4 is 9.47 Å². The zero-order chi connectivity index (χ0) is 23.4. The van der Waals surface area contributed by atoms with Gasteiger partial charge in [-0.1, -0.05) is 24.3 Å². The van der Waals surface area contributed by atoms with Crippen molar-refractivity contribution in [2.45, 2.75) is 13.8 Å². The molecule has 166 valence electrons. The average Bonchev–Trinajstić information content (AvgIpc) is 2.84. The van der Waals surface area contributed by atoms with Crippen LogP contribution >= 0.6 is 0 Å². The third-order valence-corrected chi connectivity index (χ3v) is 5.54. The number of hydrogen-bond donors (Lipinski definition) is 0. The van der Waals surface area contributed by atoms with E-state index in [1.165, 1.54) is 14.2 Å². The van der Waals surface area contributed by atoms with Gasteiger partial charge in [-0.25, -0.2) is 9.59 Å². The molecule has 0 radical (unpaired) electrons. The van der Waals surface area contributed by atoms with E-state index in [1.807, 2.05) is 62.4 Å². The van der Waals surface area contributed by atoms with Crippen molar-refractivity contribution in [2.75, 3.05) is 28.4 Å². The van der Waals surface area contributed by atoms with Gasteiger partial charge in [-0.3, -0.25) is 0 Å². The van der Waals surface area contributed by atoms with Crippen LogP contribution in [0.4, 0.5) is 0 Å². The zero-order valence-corrected chi connectivity index (χ0v) is 19.1. The van der Waals surface area contributed by atoms with Crippen LogP contribution in [0.2, 0.25) is 0 Å². The molecule has 6 nitrogen and oxygen atoms in total. The van der Waals surface area contributed by atoms with Crippen LogP contribution in [0, 0.1) is 13.8 Å². The second-order valence-corrected chi connectivity index (χ2v) is 7.19. The van der Waals surface area contributed by atoms with Crippen LogP contribution in [0.5, 0.6) is 11.5 Å². The third kappa shape index (κ3) is 4.04. The molecule has 0 atom stereocenters. The fourth-order valence-electron chi connectivity index (χ4n) is 3.95. The highest BCUT2D eigenvalue weighted by Crippen LogP contribution is 2.42. The molecule has 0 bridgehead atoms. The molecule has 0 aromatic heterocycles. The lowest BCUT2D eigenvalue weighted by Crippen LogP contribution is -2.17. The molecule has 0 aliphatic rings. The molecule has 32 heavy (non-hydrogen) atoms. The molecule has 0 saturated carbocycles. The summed E-state index contributed by atoms with van der Waals surface area (Å²) >= 11 is 0. The number of ether oxygens (including phenoxy) is 4. The first-order chi connectivity index (χ1) is 15.4. The monoisotopic (exact) mass is 434 g/mol. The van der Waals surface area contributed by atoms with E-state index in [-0.39, 0.29) is 11.1 Å². The minimum atomic E-state index is -0.595. The lowest BCUT2D eigenvalue weighted by Gasteiger charge is -2.22. The van der Waals surface area contributed by atoms with E-state index in [0.717, 1.165) is 22.3 Å². The first-order valence-electron chi connectivity index (χ1n) is 10.0. The molecule has 3 aromatic carbocycles. The van der Waals surface area contributed by atoms with Crippen molar-refractivity contribution in [1.82, 2.24) is 0 Å². The fraction of sp³-hybridized carbons (Fsp3) is 0.231. The van der Waals surface area contributed by atoms with E-state index >= 15 is 0 Å². The zero-order valence-electron chi connectivity index (χ0n) is 19.1. The highest BCUT2D eigenvalue weighted by molar-refractivity contribution is 6.09. The van der Waals surface area contributed by atoms with Crippen molar-refractivity contribution in [1.29, 1.82) is 0 Å². The summed E-state index contributed by atoms with van der Waals surface area (Å²) in [5.74, 6) is 0.242. The molecule has 0 spiro atoms. The summed E-state index contributed by atoms with van der Waals surface area (Å²) in [6, 6.07) is 15.1. The van der Waals surface area contributed by atoms with E-state index in [2.05, 4.69) is 0 Å².